The molecule has 0 aliphatic heterocycles. The SMILES string of the molecule is CCOC1CC(Nc2nc(NC)ncc2F)C1. The molecule has 17 heavy (non-hydrogen) atoms. The Balaban J connectivity index is 1.91. The number of rotatable bonds is 5. The predicted molar refractivity (Wildman–Crippen MR) is 63.6 cm³/mol. The van der Waals surface area contributed by atoms with Crippen LogP contribution in [0.1, 0.15) is 19.8 Å². The Kier molecular flexibility index (Phi) is 3.73. The first kappa shape index (κ1) is 12.0. The molecule has 0 spiro atoms. The van der Waals surface area contributed by atoms with Crippen molar-refractivity contribution in [3.8, 4) is 0 Å². The molecule has 1 aliphatic carbocycles. The van der Waals surface area contributed by atoms with Crippen molar-refractivity contribution in [2.45, 2.75) is 31.9 Å². The lowest BCUT2D eigenvalue weighted by Gasteiger charge is -2.35. The highest BCUT2D eigenvalue weighted by atomic mass is 19.1. The molecule has 1 aromatic rings. The number of nitrogens with zero attached hydrogens (tertiary/aromatic N) is 2. The maximum absolute atomic E-state index is 13.4. The summed E-state index contributed by atoms with van der Waals surface area (Å²) in [5, 5.41) is 5.84. The quantitative estimate of drug-likeness (QED) is 0.819. The summed E-state index contributed by atoms with van der Waals surface area (Å²) in [5.74, 6) is 0.239. The monoisotopic (exact) mass is 240 g/mol. The van der Waals surface area contributed by atoms with Crippen LogP contribution in [0, 0.1) is 5.82 Å². The van der Waals surface area contributed by atoms with E-state index in [1.165, 1.54) is 6.20 Å². The van der Waals surface area contributed by atoms with Crippen molar-refractivity contribution < 1.29 is 9.13 Å². The van der Waals surface area contributed by atoms with E-state index in [0.717, 1.165) is 19.4 Å². The van der Waals surface area contributed by atoms with Gasteiger partial charge in [-0.3, -0.25) is 0 Å². The minimum absolute atomic E-state index is 0.237. The Morgan fingerprint density at radius 2 is 2.29 bits per heavy atom. The second kappa shape index (κ2) is 5.27. The molecule has 0 aromatic carbocycles. The highest BCUT2D eigenvalue weighted by Gasteiger charge is 2.30. The second-order valence-electron chi connectivity index (χ2n) is 4.03. The van der Waals surface area contributed by atoms with Gasteiger partial charge < -0.3 is 15.4 Å². The van der Waals surface area contributed by atoms with E-state index < -0.39 is 5.82 Å². The average Bonchev–Trinajstić information content (AvgIpc) is 2.29. The van der Waals surface area contributed by atoms with Crippen LogP contribution in [0.2, 0.25) is 0 Å². The topological polar surface area (TPSA) is 59.1 Å². The van der Waals surface area contributed by atoms with Crippen LogP contribution in [0.25, 0.3) is 0 Å². The van der Waals surface area contributed by atoms with Crippen LogP contribution in [0.4, 0.5) is 16.2 Å². The number of ether oxygens (including phenoxy) is 1. The summed E-state index contributed by atoms with van der Waals surface area (Å²) in [4.78, 5) is 7.83. The van der Waals surface area contributed by atoms with Gasteiger partial charge in [0, 0.05) is 19.7 Å². The third-order valence-electron chi connectivity index (χ3n) is 2.81. The van der Waals surface area contributed by atoms with Gasteiger partial charge in [-0.2, -0.15) is 4.98 Å². The lowest BCUT2D eigenvalue weighted by Crippen LogP contribution is -2.41. The minimum atomic E-state index is -0.427. The number of nitrogens with one attached hydrogen (secondary N) is 2. The lowest BCUT2D eigenvalue weighted by atomic mass is 9.89. The highest BCUT2D eigenvalue weighted by Crippen LogP contribution is 2.27. The van der Waals surface area contributed by atoms with Crippen molar-refractivity contribution >= 4 is 11.8 Å². The standard InChI is InChI=1S/C11H17FN4O/c1-3-17-8-4-7(5-8)15-10-9(12)6-14-11(13-2)16-10/h6-8H,3-5H2,1-2H3,(H2,13,14,15,16). The van der Waals surface area contributed by atoms with E-state index in [0.29, 0.717) is 12.1 Å². The van der Waals surface area contributed by atoms with Gasteiger partial charge in [-0.05, 0) is 19.8 Å². The molecule has 1 aliphatic rings. The van der Waals surface area contributed by atoms with Gasteiger partial charge in [0.25, 0.3) is 0 Å². The number of halogens is 1. The summed E-state index contributed by atoms with van der Waals surface area (Å²) in [7, 11) is 1.70. The first-order valence-corrected chi connectivity index (χ1v) is 5.81. The molecule has 1 saturated carbocycles. The van der Waals surface area contributed by atoms with Gasteiger partial charge in [-0.15, -0.1) is 0 Å². The Morgan fingerprint density at radius 3 is 2.94 bits per heavy atom. The fourth-order valence-corrected chi connectivity index (χ4v) is 1.84. The van der Waals surface area contributed by atoms with Crippen LogP contribution in [-0.2, 0) is 4.74 Å². The molecule has 2 N–H and O–H groups in total. The van der Waals surface area contributed by atoms with E-state index in [9.17, 15) is 4.39 Å². The molecular formula is C11H17FN4O. The second-order valence-corrected chi connectivity index (χ2v) is 4.03. The van der Waals surface area contributed by atoms with E-state index in [1.807, 2.05) is 6.92 Å². The molecule has 1 aromatic heterocycles. The molecular weight excluding hydrogens is 223 g/mol. The summed E-state index contributed by atoms with van der Waals surface area (Å²) >= 11 is 0. The Labute approximate surface area is 99.8 Å². The number of hydrogen-bond donors (Lipinski definition) is 2. The number of anilines is 2. The van der Waals surface area contributed by atoms with E-state index >= 15 is 0 Å². The molecule has 0 bridgehead atoms. The van der Waals surface area contributed by atoms with E-state index in [2.05, 4.69) is 20.6 Å². The minimum Gasteiger partial charge on any atom is -0.378 e. The van der Waals surface area contributed by atoms with Crippen LogP contribution in [-0.4, -0.2) is 35.8 Å². The summed E-state index contributed by atoms with van der Waals surface area (Å²) in [6.45, 7) is 2.70. The first-order valence-electron chi connectivity index (χ1n) is 5.81. The Morgan fingerprint density at radius 1 is 1.53 bits per heavy atom. The first-order chi connectivity index (χ1) is 8.22. The average molecular weight is 240 g/mol. The van der Waals surface area contributed by atoms with E-state index in [-0.39, 0.29) is 11.9 Å². The van der Waals surface area contributed by atoms with E-state index in [4.69, 9.17) is 4.74 Å². The smallest absolute Gasteiger partial charge is 0.224 e. The highest BCUT2D eigenvalue weighted by molar-refractivity contribution is 5.42. The van der Waals surface area contributed by atoms with Gasteiger partial charge >= 0.3 is 0 Å². The summed E-state index contributed by atoms with van der Waals surface area (Å²) in [5.41, 5.74) is 0. The van der Waals surface area contributed by atoms with Crippen LogP contribution in [0.3, 0.4) is 0 Å². The van der Waals surface area contributed by atoms with Crippen molar-refractivity contribution in [1.82, 2.24) is 9.97 Å². The molecule has 1 fully saturated rings. The Hall–Kier alpha value is -1.43. The molecule has 94 valence electrons. The largest absolute Gasteiger partial charge is 0.378 e. The normalized spacial score (nSPS) is 23.0. The number of hydrogen-bond acceptors (Lipinski definition) is 5. The molecule has 0 amide bonds. The Bertz CT molecular complexity index is 382. The maximum atomic E-state index is 13.4. The van der Waals surface area contributed by atoms with Crippen molar-refractivity contribution in [2.75, 3.05) is 24.3 Å². The zero-order chi connectivity index (χ0) is 12.3. The molecule has 0 atom stereocenters. The summed E-state index contributed by atoms with van der Waals surface area (Å²) < 4.78 is 18.9. The van der Waals surface area contributed by atoms with Gasteiger partial charge in [-0.1, -0.05) is 0 Å². The van der Waals surface area contributed by atoms with Gasteiger partial charge in [0.15, 0.2) is 11.6 Å². The molecule has 1 heterocycles. The summed E-state index contributed by atoms with van der Waals surface area (Å²) in [6.07, 6.45) is 3.25. The van der Waals surface area contributed by atoms with Crippen LogP contribution < -0.4 is 10.6 Å². The van der Waals surface area contributed by atoms with Crippen LogP contribution in [0.15, 0.2) is 6.20 Å². The number of aromatic nitrogens is 2. The van der Waals surface area contributed by atoms with Crippen LogP contribution in [0.5, 0.6) is 0 Å². The van der Waals surface area contributed by atoms with Gasteiger partial charge in [0.1, 0.15) is 0 Å². The molecule has 0 unspecified atom stereocenters. The molecule has 2 rings (SSSR count). The third kappa shape index (κ3) is 2.82. The van der Waals surface area contributed by atoms with E-state index in [1.54, 1.807) is 7.05 Å². The van der Waals surface area contributed by atoms with Crippen molar-refractivity contribution in [1.29, 1.82) is 0 Å². The lowest BCUT2D eigenvalue weighted by molar-refractivity contribution is 0.00286. The molecule has 0 saturated heterocycles. The molecule has 0 radical (unpaired) electrons. The maximum Gasteiger partial charge on any atom is 0.224 e. The molecule has 5 nitrogen and oxygen atoms in total. The fraction of sp³-hybridized carbons (Fsp3) is 0.636. The molecule has 6 heteroatoms. The van der Waals surface area contributed by atoms with Gasteiger partial charge in [0.2, 0.25) is 5.95 Å². The van der Waals surface area contributed by atoms with Gasteiger partial charge in [-0.25, -0.2) is 9.37 Å². The van der Waals surface area contributed by atoms with Crippen LogP contribution >= 0.6 is 0 Å². The predicted octanol–water partition coefficient (Wildman–Crippen LogP) is 1.64. The zero-order valence-corrected chi connectivity index (χ0v) is 10.0. The summed E-state index contributed by atoms with van der Waals surface area (Å²) in [6, 6.07) is 0.237. The zero-order valence-electron chi connectivity index (χ0n) is 10.0. The van der Waals surface area contributed by atoms with Gasteiger partial charge in [0.05, 0.1) is 12.3 Å². The fourth-order valence-electron chi connectivity index (χ4n) is 1.84. The van der Waals surface area contributed by atoms with Crippen molar-refractivity contribution in [3.05, 3.63) is 12.0 Å². The van der Waals surface area contributed by atoms with Crippen molar-refractivity contribution in [3.63, 3.8) is 0 Å². The third-order valence-corrected chi connectivity index (χ3v) is 2.81. The van der Waals surface area contributed by atoms with Crippen molar-refractivity contribution in [2.24, 2.45) is 0 Å².